The molecule has 1 aliphatic rings. The molecule has 0 spiro atoms. The molecular formula is C16H23FN2O. The molecule has 20 heavy (non-hydrogen) atoms. The summed E-state index contributed by atoms with van der Waals surface area (Å²) in [4.78, 5) is 14.7. The maximum Gasteiger partial charge on any atom is 0.233 e. The van der Waals surface area contributed by atoms with Crippen LogP contribution in [0, 0.1) is 11.2 Å². The van der Waals surface area contributed by atoms with Crippen LogP contribution in [0.4, 0.5) is 10.1 Å². The summed E-state index contributed by atoms with van der Waals surface area (Å²) in [6, 6.07) is 6.30. The topological polar surface area (TPSA) is 32.3 Å². The van der Waals surface area contributed by atoms with Crippen molar-refractivity contribution in [3.05, 3.63) is 30.1 Å². The van der Waals surface area contributed by atoms with Gasteiger partial charge >= 0.3 is 0 Å². The second-order valence-electron chi connectivity index (χ2n) is 5.41. The molecule has 0 aliphatic carbocycles. The Bertz CT molecular complexity index is 469. The van der Waals surface area contributed by atoms with E-state index in [1.54, 1.807) is 17.0 Å². The van der Waals surface area contributed by atoms with E-state index in [1.807, 2.05) is 6.92 Å². The van der Waals surface area contributed by atoms with Gasteiger partial charge in [-0.3, -0.25) is 4.79 Å². The molecule has 1 N–H and O–H groups in total. The van der Waals surface area contributed by atoms with Crippen molar-refractivity contribution in [2.45, 2.75) is 33.1 Å². The van der Waals surface area contributed by atoms with E-state index in [9.17, 15) is 9.18 Å². The van der Waals surface area contributed by atoms with Crippen molar-refractivity contribution in [1.29, 1.82) is 0 Å². The van der Waals surface area contributed by atoms with Crippen LogP contribution in [0.1, 0.15) is 33.1 Å². The molecule has 0 saturated carbocycles. The van der Waals surface area contributed by atoms with Gasteiger partial charge in [0.05, 0.1) is 5.41 Å². The number of hydrogen-bond donors (Lipinski definition) is 1. The number of carbonyl (C=O) groups is 1. The van der Waals surface area contributed by atoms with Crippen molar-refractivity contribution in [3.63, 3.8) is 0 Å². The van der Waals surface area contributed by atoms with Crippen molar-refractivity contribution in [1.82, 2.24) is 5.32 Å². The minimum absolute atomic E-state index is 0.134. The van der Waals surface area contributed by atoms with Crippen LogP contribution in [0.3, 0.4) is 0 Å². The van der Waals surface area contributed by atoms with Gasteiger partial charge in [-0.05, 0) is 57.5 Å². The third kappa shape index (κ3) is 2.85. The van der Waals surface area contributed by atoms with Gasteiger partial charge in [-0.25, -0.2) is 4.39 Å². The molecular weight excluding hydrogens is 255 g/mol. The lowest BCUT2D eigenvalue weighted by Crippen LogP contribution is -2.49. The molecule has 0 unspecified atom stereocenters. The lowest BCUT2D eigenvalue weighted by atomic mass is 9.75. The lowest BCUT2D eigenvalue weighted by molar-refractivity contribution is -0.130. The van der Waals surface area contributed by atoms with E-state index in [-0.39, 0.29) is 17.1 Å². The number of rotatable bonds is 4. The normalized spacial score (nSPS) is 17.8. The first kappa shape index (κ1) is 15.0. The maximum absolute atomic E-state index is 13.4. The number of nitrogens with zero attached hydrogens (tertiary/aromatic N) is 1. The largest absolute Gasteiger partial charge is 0.317 e. The Kier molecular flexibility index (Phi) is 4.76. The zero-order valence-electron chi connectivity index (χ0n) is 12.3. The molecule has 0 bridgehead atoms. The van der Waals surface area contributed by atoms with Crippen LogP contribution < -0.4 is 10.2 Å². The van der Waals surface area contributed by atoms with Crippen LogP contribution in [0.2, 0.25) is 0 Å². The van der Waals surface area contributed by atoms with Gasteiger partial charge in [-0.2, -0.15) is 0 Å². The summed E-state index contributed by atoms with van der Waals surface area (Å²) in [7, 11) is 0. The highest BCUT2D eigenvalue weighted by Crippen LogP contribution is 2.36. The first-order valence-corrected chi connectivity index (χ1v) is 7.41. The number of carbonyl (C=O) groups excluding carboxylic acids is 1. The molecule has 2 rings (SSSR count). The number of benzene rings is 1. The Morgan fingerprint density at radius 1 is 1.35 bits per heavy atom. The average Bonchev–Trinajstić information content (AvgIpc) is 2.48. The minimum Gasteiger partial charge on any atom is -0.317 e. The van der Waals surface area contributed by atoms with Crippen molar-refractivity contribution in [2.75, 3.05) is 24.5 Å². The third-order valence-electron chi connectivity index (χ3n) is 4.37. The summed E-state index contributed by atoms with van der Waals surface area (Å²) in [6.07, 6.45) is 2.54. The van der Waals surface area contributed by atoms with Gasteiger partial charge in [-0.15, -0.1) is 0 Å². The number of piperidine rings is 1. The highest BCUT2D eigenvalue weighted by atomic mass is 19.1. The SMILES string of the molecule is CCN(C(=O)C1(CC)CCNCC1)c1cccc(F)c1. The fraction of sp³-hybridized carbons (Fsp3) is 0.562. The number of nitrogens with one attached hydrogen (secondary N) is 1. The van der Waals surface area contributed by atoms with E-state index in [4.69, 9.17) is 0 Å². The first-order valence-electron chi connectivity index (χ1n) is 7.41. The summed E-state index contributed by atoms with van der Waals surface area (Å²) < 4.78 is 13.4. The summed E-state index contributed by atoms with van der Waals surface area (Å²) in [5.41, 5.74) is 0.358. The monoisotopic (exact) mass is 278 g/mol. The molecule has 0 aromatic heterocycles. The predicted octanol–water partition coefficient (Wildman–Crippen LogP) is 2.96. The molecule has 4 heteroatoms. The molecule has 110 valence electrons. The van der Waals surface area contributed by atoms with Gasteiger partial charge in [0.15, 0.2) is 0 Å². The van der Waals surface area contributed by atoms with E-state index in [0.717, 1.165) is 32.4 Å². The van der Waals surface area contributed by atoms with E-state index in [0.29, 0.717) is 12.2 Å². The van der Waals surface area contributed by atoms with Gasteiger partial charge in [0, 0.05) is 12.2 Å². The fourth-order valence-electron chi connectivity index (χ4n) is 3.00. The number of anilines is 1. The zero-order chi connectivity index (χ0) is 14.6. The van der Waals surface area contributed by atoms with Gasteiger partial charge in [0.2, 0.25) is 5.91 Å². The second-order valence-corrected chi connectivity index (χ2v) is 5.41. The van der Waals surface area contributed by atoms with Crippen LogP contribution >= 0.6 is 0 Å². The standard InChI is InChI=1S/C16H23FN2O/c1-3-16(8-10-18-11-9-16)15(20)19(4-2)14-7-5-6-13(17)12-14/h5-7,12,18H,3-4,8-11H2,1-2H3. The average molecular weight is 278 g/mol. The lowest BCUT2D eigenvalue weighted by Gasteiger charge is -2.39. The number of hydrogen-bond acceptors (Lipinski definition) is 2. The van der Waals surface area contributed by atoms with Gasteiger partial charge in [-0.1, -0.05) is 13.0 Å². The smallest absolute Gasteiger partial charge is 0.233 e. The van der Waals surface area contributed by atoms with E-state index < -0.39 is 0 Å². The van der Waals surface area contributed by atoms with Gasteiger partial charge in [0.1, 0.15) is 5.82 Å². The van der Waals surface area contributed by atoms with Crippen LogP contribution in [0.5, 0.6) is 0 Å². The minimum atomic E-state index is -0.301. The van der Waals surface area contributed by atoms with E-state index in [2.05, 4.69) is 12.2 Å². The maximum atomic E-state index is 13.4. The van der Waals surface area contributed by atoms with Gasteiger partial charge in [0.25, 0.3) is 0 Å². The predicted molar refractivity (Wildman–Crippen MR) is 79.3 cm³/mol. The van der Waals surface area contributed by atoms with E-state index in [1.165, 1.54) is 12.1 Å². The van der Waals surface area contributed by atoms with Crippen LogP contribution in [-0.4, -0.2) is 25.5 Å². The van der Waals surface area contributed by atoms with Crippen molar-refractivity contribution in [3.8, 4) is 0 Å². The molecule has 0 atom stereocenters. The van der Waals surface area contributed by atoms with Crippen LogP contribution in [0.15, 0.2) is 24.3 Å². The Morgan fingerprint density at radius 2 is 2.05 bits per heavy atom. The summed E-state index contributed by atoms with van der Waals surface area (Å²) in [6.45, 7) is 6.33. The Morgan fingerprint density at radius 3 is 2.60 bits per heavy atom. The van der Waals surface area contributed by atoms with E-state index >= 15 is 0 Å². The molecule has 1 aromatic rings. The number of halogens is 1. The molecule has 3 nitrogen and oxygen atoms in total. The third-order valence-corrected chi connectivity index (χ3v) is 4.37. The van der Waals surface area contributed by atoms with Crippen LogP contribution in [-0.2, 0) is 4.79 Å². The van der Waals surface area contributed by atoms with Crippen molar-refractivity contribution < 1.29 is 9.18 Å². The highest BCUT2D eigenvalue weighted by molar-refractivity contribution is 5.97. The molecule has 1 amide bonds. The molecule has 1 fully saturated rings. The molecule has 1 heterocycles. The fourth-order valence-corrected chi connectivity index (χ4v) is 3.00. The molecule has 0 radical (unpaired) electrons. The van der Waals surface area contributed by atoms with Gasteiger partial charge < -0.3 is 10.2 Å². The molecule has 1 aromatic carbocycles. The van der Waals surface area contributed by atoms with Crippen molar-refractivity contribution in [2.24, 2.45) is 5.41 Å². The van der Waals surface area contributed by atoms with Crippen LogP contribution in [0.25, 0.3) is 0 Å². The number of amides is 1. The Hall–Kier alpha value is -1.42. The molecule has 1 aliphatic heterocycles. The first-order chi connectivity index (χ1) is 9.63. The zero-order valence-corrected chi connectivity index (χ0v) is 12.3. The Balaban J connectivity index is 2.28. The Labute approximate surface area is 120 Å². The highest BCUT2D eigenvalue weighted by Gasteiger charge is 2.40. The summed E-state index contributed by atoms with van der Waals surface area (Å²) >= 11 is 0. The summed E-state index contributed by atoms with van der Waals surface area (Å²) in [5, 5.41) is 3.30. The summed E-state index contributed by atoms with van der Waals surface area (Å²) in [5.74, 6) is -0.167. The quantitative estimate of drug-likeness (QED) is 0.918. The van der Waals surface area contributed by atoms with Crippen molar-refractivity contribution >= 4 is 11.6 Å². The molecule has 1 saturated heterocycles. The second kappa shape index (κ2) is 6.35.